The van der Waals surface area contributed by atoms with Crippen molar-refractivity contribution < 1.29 is 23.8 Å². The molecule has 0 spiro atoms. The number of benzene rings is 2. The second kappa shape index (κ2) is 9.71. The molecule has 0 saturated carbocycles. The van der Waals surface area contributed by atoms with Crippen molar-refractivity contribution >= 4 is 29.2 Å². The van der Waals surface area contributed by atoms with E-state index in [-0.39, 0.29) is 11.6 Å². The number of piperidine rings is 1. The number of ether oxygens (including phenoxy) is 3. The smallest absolute Gasteiger partial charge is 0.331 e. The Bertz CT molecular complexity index is 902. The lowest BCUT2D eigenvalue weighted by Gasteiger charge is -2.32. The minimum Gasteiger partial charge on any atom is -0.493 e. The Kier molecular flexibility index (Phi) is 7.05. The maximum atomic E-state index is 13.6. The average molecular weight is 433 g/mol. The van der Waals surface area contributed by atoms with Crippen LogP contribution in [-0.4, -0.2) is 51.3 Å². The Labute approximate surface area is 181 Å². The molecule has 0 radical (unpaired) electrons. The topological polar surface area (TPSA) is 68.3 Å². The summed E-state index contributed by atoms with van der Waals surface area (Å²) in [7, 11) is 4.43. The van der Waals surface area contributed by atoms with Gasteiger partial charge in [-0.3, -0.25) is 4.79 Å². The number of imide groups is 1. The van der Waals surface area contributed by atoms with E-state index in [9.17, 15) is 9.59 Å². The highest BCUT2D eigenvalue weighted by molar-refractivity contribution is 6.31. The molecule has 1 saturated heterocycles. The van der Waals surface area contributed by atoms with E-state index in [1.54, 1.807) is 29.2 Å². The second-order valence-corrected chi connectivity index (χ2v) is 7.30. The van der Waals surface area contributed by atoms with E-state index in [0.29, 0.717) is 41.0 Å². The van der Waals surface area contributed by atoms with Gasteiger partial charge in [0.25, 0.3) is 5.91 Å². The van der Waals surface area contributed by atoms with Gasteiger partial charge in [0.05, 0.1) is 27.0 Å². The summed E-state index contributed by atoms with van der Waals surface area (Å²) in [5.41, 5.74) is 0.631. The number of methoxy groups -OCH3 is 3. The van der Waals surface area contributed by atoms with E-state index in [2.05, 4.69) is 0 Å². The minimum atomic E-state index is -0.507. The Balaban J connectivity index is 2.07. The summed E-state index contributed by atoms with van der Waals surface area (Å²) >= 11 is 6.15. The van der Waals surface area contributed by atoms with Crippen LogP contribution in [0.2, 0.25) is 5.02 Å². The summed E-state index contributed by atoms with van der Waals surface area (Å²) in [5, 5.41) is 0.432. The molecule has 160 valence electrons. The quantitative estimate of drug-likeness (QED) is 0.689. The zero-order chi connectivity index (χ0) is 21.7. The van der Waals surface area contributed by atoms with Crippen LogP contribution in [0.5, 0.6) is 17.2 Å². The Morgan fingerprint density at radius 3 is 2.10 bits per heavy atom. The number of hydrogen-bond donors (Lipinski definition) is 0. The average Bonchev–Trinajstić information content (AvgIpc) is 2.78. The van der Waals surface area contributed by atoms with Crippen molar-refractivity contribution in [3.05, 3.63) is 47.0 Å². The van der Waals surface area contributed by atoms with Crippen LogP contribution in [0.25, 0.3) is 0 Å². The molecule has 2 aromatic rings. The molecule has 30 heavy (non-hydrogen) atoms. The minimum absolute atomic E-state index is 0.231. The number of rotatable bonds is 5. The zero-order valence-corrected chi connectivity index (χ0v) is 18.1. The van der Waals surface area contributed by atoms with Gasteiger partial charge in [0, 0.05) is 23.7 Å². The largest absolute Gasteiger partial charge is 0.493 e. The molecule has 0 bridgehead atoms. The van der Waals surface area contributed by atoms with Crippen molar-refractivity contribution in [3.63, 3.8) is 0 Å². The molecule has 0 aliphatic carbocycles. The Morgan fingerprint density at radius 1 is 0.933 bits per heavy atom. The molecule has 0 atom stereocenters. The maximum absolute atomic E-state index is 13.6. The summed E-state index contributed by atoms with van der Waals surface area (Å²) < 4.78 is 16.0. The summed E-state index contributed by atoms with van der Waals surface area (Å²) in [6.07, 6.45) is 2.89. The first kappa shape index (κ1) is 21.8. The Morgan fingerprint density at radius 2 is 1.57 bits per heavy atom. The molecule has 1 aliphatic heterocycles. The van der Waals surface area contributed by atoms with Gasteiger partial charge in [-0.25, -0.2) is 9.69 Å². The van der Waals surface area contributed by atoms with E-state index in [0.717, 1.165) is 24.2 Å². The van der Waals surface area contributed by atoms with Crippen molar-refractivity contribution in [2.24, 2.45) is 0 Å². The van der Waals surface area contributed by atoms with Gasteiger partial charge in [-0.2, -0.15) is 0 Å². The summed E-state index contributed by atoms with van der Waals surface area (Å²) in [4.78, 5) is 29.8. The first-order chi connectivity index (χ1) is 14.5. The normalized spacial score (nSPS) is 13.5. The third-order valence-electron chi connectivity index (χ3n) is 5.00. The zero-order valence-electron chi connectivity index (χ0n) is 17.3. The number of carbonyl (C=O) groups excluding carboxylic acids is 2. The predicted molar refractivity (Wildman–Crippen MR) is 115 cm³/mol. The van der Waals surface area contributed by atoms with E-state index >= 15 is 0 Å². The molecule has 8 heteroatoms. The monoisotopic (exact) mass is 432 g/mol. The van der Waals surface area contributed by atoms with Crippen LogP contribution in [0, 0.1) is 0 Å². The van der Waals surface area contributed by atoms with E-state index in [4.69, 9.17) is 25.8 Å². The van der Waals surface area contributed by atoms with Crippen LogP contribution in [-0.2, 0) is 0 Å². The van der Waals surface area contributed by atoms with Crippen molar-refractivity contribution in [2.75, 3.05) is 39.3 Å². The van der Waals surface area contributed by atoms with Crippen molar-refractivity contribution in [3.8, 4) is 17.2 Å². The van der Waals surface area contributed by atoms with E-state index < -0.39 is 5.91 Å². The van der Waals surface area contributed by atoms with Crippen molar-refractivity contribution in [2.45, 2.75) is 19.3 Å². The molecule has 0 unspecified atom stereocenters. The molecular weight excluding hydrogens is 408 g/mol. The summed E-state index contributed by atoms with van der Waals surface area (Å²) in [5.74, 6) is 0.522. The van der Waals surface area contributed by atoms with Crippen molar-refractivity contribution in [1.29, 1.82) is 0 Å². The maximum Gasteiger partial charge on any atom is 0.331 e. The summed E-state index contributed by atoms with van der Waals surface area (Å²) in [6.45, 7) is 1.22. The third-order valence-corrected chi connectivity index (χ3v) is 5.23. The third kappa shape index (κ3) is 4.46. The number of urea groups is 1. The molecule has 1 aliphatic rings. The second-order valence-electron chi connectivity index (χ2n) is 6.86. The van der Waals surface area contributed by atoms with Crippen LogP contribution < -0.4 is 19.1 Å². The number of amides is 3. The molecule has 0 N–H and O–H groups in total. The van der Waals surface area contributed by atoms with Gasteiger partial charge in [0.2, 0.25) is 5.75 Å². The first-order valence-corrected chi connectivity index (χ1v) is 10.1. The number of carbonyl (C=O) groups is 2. The van der Waals surface area contributed by atoms with Gasteiger partial charge in [0.15, 0.2) is 11.5 Å². The highest BCUT2D eigenvalue weighted by Crippen LogP contribution is 2.39. The lowest BCUT2D eigenvalue weighted by atomic mass is 10.1. The van der Waals surface area contributed by atoms with Gasteiger partial charge >= 0.3 is 6.03 Å². The number of hydrogen-bond acceptors (Lipinski definition) is 5. The molecule has 0 aromatic heterocycles. The highest BCUT2D eigenvalue weighted by Gasteiger charge is 2.31. The molecule has 2 aromatic carbocycles. The lowest BCUT2D eigenvalue weighted by Crippen LogP contribution is -2.48. The SMILES string of the molecule is COc1cc(C(=O)N(C(=O)N2CCCCC2)c2cccc(Cl)c2)cc(OC)c1OC. The van der Waals surface area contributed by atoms with E-state index in [1.807, 2.05) is 0 Å². The van der Waals surface area contributed by atoms with Gasteiger partial charge in [0.1, 0.15) is 0 Å². The fourth-order valence-corrected chi connectivity index (χ4v) is 3.67. The molecule has 3 amide bonds. The van der Waals surface area contributed by atoms with Gasteiger partial charge < -0.3 is 19.1 Å². The number of nitrogens with zero attached hydrogens (tertiary/aromatic N) is 2. The number of halogens is 1. The molecule has 7 nitrogen and oxygen atoms in total. The molecule has 1 fully saturated rings. The van der Waals surface area contributed by atoms with Crippen LogP contribution >= 0.6 is 11.6 Å². The lowest BCUT2D eigenvalue weighted by molar-refractivity contribution is 0.0982. The van der Waals surface area contributed by atoms with Gasteiger partial charge in [-0.15, -0.1) is 0 Å². The van der Waals surface area contributed by atoms with Crippen molar-refractivity contribution in [1.82, 2.24) is 4.90 Å². The number of likely N-dealkylation sites (tertiary alicyclic amines) is 1. The van der Waals surface area contributed by atoms with E-state index in [1.165, 1.54) is 33.5 Å². The Hall–Kier alpha value is -2.93. The fourth-order valence-electron chi connectivity index (χ4n) is 3.49. The standard InChI is InChI=1S/C22H25ClN2O5/c1-28-18-12-15(13-19(29-2)20(18)30-3)21(26)25(17-9-7-8-16(23)14-17)22(27)24-10-5-4-6-11-24/h7-9,12-14H,4-6,10-11H2,1-3H3. The summed E-state index contributed by atoms with van der Waals surface area (Å²) in [6, 6.07) is 9.36. The van der Waals surface area contributed by atoms with Crippen LogP contribution in [0.1, 0.15) is 29.6 Å². The van der Waals surface area contributed by atoms with Crippen LogP contribution in [0.15, 0.2) is 36.4 Å². The molecular formula is C22H25ClN2O5. The first-order valence-electron chi connectivity index (χ1n) is 9.69. The van der Waals surface area contributed by atoms with Gasteiger partial charge in [-0.1, -0.05) is 17.7 Å². The van der Waals surface area contributed by atoms with Gasteiger partial charge in [-0.05, 0) is 49.6 Å². The number of anilines is 1. The molecule has 3 rings (SSSR count). The van der Waals surface area contributed by atoms with Crippen LogP contribution in [0.3, 0.4) is 0 Å². The predicted octanol–water partition coefficient (Wildman–Crippen LogP) is 4.62. The fraction of sp³-hybridized carbons (Fsp3) is 0.364. The van der Waals surface area contributed by atoms with Crippen LogP contribution in [0.4, 0.5) is 10.5 Å². The molecule has 1 heterocycles. The highest BCUT2D eigenvalue weighted by atomic mass is 35.5.